The second-order valence-corrected chi connectivity index (χ2v) is 5.06. The Morgan fingerprint density at radius 1 is 1.05 bits per heavy atom. The normalized spacial score (nSPS) is 11.7. The lowest BCUT2D eigenvalue weighted by molar-refractivity contribution is -0.142. The van der Waals surface area contributed by atoms with Gasteiger partial charge in [-0.15, -0.1) is 0 Å². The number of Topliss-reactive ketones (excluding diaryl/α,β-unsaturated/α-hetero) is 1. The Balaban J connectivity index is 2.21. The van der Waals surface area contributed by atoms with Crippen LogP contribution in [0.25, 0.3) is 0 Å². The SMILES string of the molecule is COC(=O)C(CC(=O)c1ccc(Cl)cc1)c1ccccc1. The van der Waals surface area contributed by atoms with E-state index in [0.29, 0.717) is 10.6 Å². The smallest absolute Gasteiger partial charge is 0.313 e. The summed E-state index contributed by atoms with van der Waals surface area (Å²) in [6.45, 7) is 0. The Morgan fingerprint density at radius 2 is 1.67 bits per heavy atom. The van der Waals surface area contributed by atoms with Crippen LogP contribution in [0.2, 0.25) is 5.02 Å². The lowest BCUT2D eigenvalue weighted by Crippen LogP contribution is -2.18. The summed E-state index contributed by atoms with van der Waals surface area (Å²) >= 11 is 5.81. The third kappa shape index (κ3) is 3.92. The van der Waals surface area contributed by atoms with Crippen molar-refractivity contribution < 1.29 is 14.3 Å². The van der Waals surface area contributed by atoms with Crippen molar-refractivity contribution in [3.05, 3.63) is 70.7 Å². The van der Waals surface area contributed by atoms with Gasteiger partial charge in [-0.2, -0.15) is 0 Å². The van der Waals surface area contributed by atoms with Gasteiger partial charge in [0.2, 0.25) is 0 Å². The molecule has 2 rings (SSSR count). The third-order valence-corrected chi connectivity index (χ3v) is 3.50. The van der Waals surface area contributed by atoms with Crippen LogP contribution in [0.1, 0.15) is 28.3 Å². The average Bonchev–Trinajstić information content (AvgIpc) is 2.53. The summed E-state index contributed by atoms with van der Waals surface area (Å²) in [6.07, 6.45) is 0.0678. The summed E-state index contributed by atoms with van der Waals surface area (Å²) < 4.78 is 4.81. The monoisotopic (exact) mass is 302 g/mol. The van der Waals surface area contributed by atoms with E-state index in [1.807, 2.05) is 30.3 Å². The quantitative estimate of drug-likeness (QED) is 0.622. The summed E-state index contributed by atoms with van der Waals surface area (Å²) in [4.78, 5) is 24.2. The Morgan fingerprint density at radius 3 is 2.24 bits per heavy atom. The molecule has 4 heteroatoms. The van der Waals surface area contributed by atoms with Crippen LogP contribution in [-0.2, 0) is 9.53 Å². The zero-order chi connectivity index (χ0) is 15.2. The number of hydrogen-bond acceptors (Lipinski definition) is 3. The van der Waals surface area contributed by atoms with Crippen molar-refractivity contribution in [2.45, 2.75) is 12.3 Å². The number of methoxy groups -OCH3 is 1. The highest BCUT2D eigenvalue weighted by Gasteiger charge is 2.24. The standard InChI is InChI=1S/C17H15ClO3/c1-21-17(20)15(12-5-3-2-4-6-12)11-16(19)13-7-9-14(18)10-8-13/h2-10,15H,11H2,1H3. The van der Waals surface area contributed by atoms with E-state index in [1.54, 1.807) is 24.3 Å². The second kappa shape index (κ2) is 7.04. The molecule has 0 spiro atoms. The van der Waals surface area contributed by atoms with Crippen LogP contribution in [0.15, 0.2) is 54.6 Å². The molecular formula is C17H15ClO3. The molecule has 0 amide bonds. The maximum Gasteiger partial charge on any atom is 0.313 e. The topological polar surface area (TPSA) is 43.4 Å². The zero-order valence-corrected chi connectivity index (χ0v) is 12.3. The van der Waals surface area contributed by atoms with Gasteiger partial charge in [0.1, 0.15) is 0 Å². The summed E-state index contributed by atoms with van der Waals surface area (Å²) in [6, 6.07) is 15.8. The van der Waals surface area contributed by atoms with Gasteiger partial charge in [0.15, 0.2) is 5.78 Å². The van der Waals surface area contributed by atoms with E-state index in [4.69, 9.17) is 16.3 Å². The zero-order valence-electron chi connectivity index (χ0n) is 11.6. The molecule has 1 atom stereocenters. The molecule has 0 radical (unpaired) electrons. The van der Waals surface area contributed by atoms with E-state index in [9.17, 15) is 9.59 Å². The van der Waals surface area contributed by atoms with Crippen molar-refractivity contribution >= 4 is 23.4 Å². The van der Waals surface area contributed by atoms with Crippen LogP contribution >= 0.6 is 11.6 Å². The van der Waals surface area contributed by atoms with Crippen molar-refractivity contribution in [3.8, 4) is 0 Å². The van der Waals surface area contributed by atoms with E-state index in [1.165, 1.54) is 7.11 Å². The highest BCUT2D eigenvalue weighted by Crippen LogP contribution is 2.23. The number of halogens is 1. The van der Waals surface area contributed by atoms with E-state index in [0.717, 1.165) is 5.56 Å². The van der Waals surface area contributed by atoms with Gasteiger partial charge in [0, 0.05) is 17.0 Å². The summed E-state index contributed by atoms with van der Waals surface area (Å²) in [5, 5.41) is 0.569. The summed E-state index contributed by atoms with van der Waals surface area (Å²) in [5.41, 5.74) is 1.30. The lowest BCUT2D eigenvalue weighted by atomic mass is 9.91. The molecule has 108 valence electrons. The van der Waals surface area contributed by atoms with Crippen LogP contribution in [0, 0.1) is 0 Å². The lowest BCUT2D eigenvalue weighted by Gasteiger charge is -2.14. The molecule has 0 heterocycles. The number of rotatable bonds is 5. The molecule has 0 aliphatic carbocycles. The van der Waals surface area contributed by atoms with Crippen molar-refractivity contribution in [2.24, 2.45) is 0 Å². The number of benzene rings is 2. The number of esters is 1. The van der Waals surface area contributed by atoms with Gasteiger partial charge in [-0.25, -0.2) is 0 Å². The number of ketones is 1. The maximum absolute atomic E-state index is 12.3. The van der Waals surface area contributed by atoms with Gasteiger partial charge in [-0.05, 0) is 29.8 Å². The first-order chi connectivity index (χ1) is 10.1. The molecule has 1 unspecified atom stereocenters. The van der Waals surface area contributed by atoms with Crippen LogP contribution in [0.5, 0.6) is 0 Å². The van der Waals surface area contributed by atoms with E-state index >= 15 is 0 Å². The summed E-state index contributed by atoms with van der Waals surface area (Å²) in [7, 11) is 1.32. The number of carbonyl (C=O) groups is 2. The molecule has 0 aromatic heterocycles. The molecule has 0 fully saturated rings. The molecule has 0 saturated heterocycles. The molecule has 3 nitrogen and oxygen atoms in total. The predicted octanol–water partition coefficient (Wildman–Crippen LogP) is 3.87. The molecule has 0 saturated carbocycles. The van der Waals surface area contributed by atoms with Gasteiger partial charge >= 0.3 is 5.97 Å². The minimum Gasteiger partial charge on any atom is -0.469 e. The molecule has 2 aromatic carbocycles. The Kier molecular flexibility index (Phi) is 5.12. The van der Waals surface area contributed by atoms with Gasteiger partial charge < -0.3 is 4.74 Å². The van der Waals surface area contributed by atoms with E-state index < -0.39 is 11.9 Å². The Bertz CT molecular complexity index is 620. The molecule has 21 heavy (non-hydrogen) atoms. The van der Waals surface area contributed by atoms with Crippen molar-refractivity contribution in [3.63, 3.8) is 0 Å². The molecule has 0 aliphatic heterocycles. The molecule has 0 aliphatic rings. The third-order valence-electron chi connectivity index (χ3n) is 3.24. The van der Waals surface area contributed by atoms with Crippen LogP contribution in [0.3, 0.4) is 0 Å². The van der Waals surface area contributed by atoms with Crippen LogP contribution < -0.4 is 0 Å². The van der Waals surface area contributed by atoms with Crippen molar-refractivity contribution in [2.75, 3.05) is 7.11 Å². The number of ether oxygens (including phenoxy) is 1. The van der Waals surface area contributed by atoms with Crippen molar-refractivity contribution in [1.82, 2.24) is 0 Å². The van der Waals surface area contributed by atoms with Gasteiger partial charge in [0.25, 0.3) is 0 Å². The fraction of sp³-hybridized carbons (Fsp3) is 0.176. The number of carbonyl (C=O) groups excluding carboxylic acids is 2. The highest BCUT2D eigenvalue weighted by molar-refractivity contribution is 6.30. The fourth-order valence-electron chi connectivity index (χ4n) is 2.10. The highest BCUT2D eigenvalue weighted by atomic mass is 35.5. The molecule has 2 aromatic rings. The first-order valence-electron chi connectivity index (χ1n) is 6.53. The van der Waals surface area contributed by atoms with Gasteiger partial charge in [-0.1, -0.05) is 41.9 Å². The van der Waals surface area contributed by atoms with Crippen LogP contribution in [0.4, 0.5) is 0 Å². The maximum atomic E-state index is 12.3. The first kappa shape index (κ1) is 15.3. The van der Waals surface area contributed by atoms with Crippen molar-refractivity contribution in [1.29, 1.82) is 0 Å². The predicted molar refractivity (Wildman–Crippen MR) is 81.6 cm³/mol. The first-order valence-corrected chi connectivity index (χ1v) is 6.91. The largest absolute Gasteiger partial charge is 0.469 e. The van der Waals surface area contributed by atoms with E-state index in [2.05, 4.69) is 0 Å². The van der Waals surface area contributed by atoms with Crippen LogP contribution in [-0.4, -0.2) is 18.9 Å². The minimum atomic E-state index is -0.598. The molecule has 0 bridgehead atoms. The van der Waals surface area contributed by atoms with E-state index in [-0.39, 0.29) is 12.2 Å². The molecular weight excluding hydrogens is 288 g/mol. The molecule has 0 N–H and O–H groups in total. The van der Waals surface area contributed by atoms with Gasteiger partial charge in [-0.3, -0.25) is 9.59 Å². The Hall–Kier alpha value is -2.13. The minimum absolute atomic E-state index is 0.0678. The fourth-order valence-corrected chi connectivity index (χ4v) is 2.23. The summed E-state index contributed by atoms with van der Waals surface area (Å²) in [5.74, 6) is -1.13. The second-order valence-electron chi connectivity index (χ2n) is 4.62. The average molecular weight is 303 g/mol. The number of hydrogen-bond donors (Lipinski definition) is 0. The Labute approximate surface area is 128 Å². The van der Waals surface area contributed by atoms with Gasteiger partial charge in [0.05, 0.1) is 13.0 Å².